The smallest absolute Gasteiger partial charge is 0.242 e. The standard InChI is InChI=1S/C13H13ClN2O3S/c14-10-5-8(7-15)1-4-13(10)20(17,18)16-11-6-9-2-3-12(11)19-9/h1,4-5,9,11-12,16H,2-3,6H2. The first-order valence-electron chi connectivity index (χ1n) is 6.37. The lowest BCUT2D eigenvalue weighted by molar-refractivity contribution is 0.0996. The summed E-state index contributed by atoms with van der Waals surface area (Å²) in [6.45, 7) is 0. The van der Waals surface area contributed by atoms with Gasteiger partial charge in [0.1, 0.15) is 4.90 Å². The number of sulfonamides is 1. The molecule has 0 saturated carbocycles. The number of halogens is 1. The Hall–Kier alpha value is -1.13. The van der Waals surface area contributed by atoms with Crippen LogP contribution in [0, 0.1) is 11.3 Å². The molecule has 20 heavy (non-hydrogen) atoms. The van der Waals surface area contributed by atoms with E-state index in [2.05, 4.69) is 4.72 Å². The van der Waals surface area contributed by atoms with Crippen LogP contribution in [-0.2, 0) is 14.8 Å². The van der Waals surface area contributed by atoms with Crippen molar-refractivity contribution in [1.82, 2.24) is 4.72 Å². The van der Waals surface area contributed by atoms with Gasteiger partial charge in [0.2, 0.25) is 10.0 Å². The summed E-state index contributed by atoms with van der Waals surface area (Å²) >= 11 is 5.96. The van der Waals surface area contributed by atoms with Gasteiger partial charge in [-0.3, -0.25) is 0 Å². The topological polar surface area (TPSA) is 79.2 Å². The second-order valence-corrected chi connectivity index (χ2v) is 7.18. The molecule has 5 nitrogen and oxygen atoms in total. The SMILES string of the molecule is N#Cc1ccc(S(=O)(=O)NC2CC3CCC2O3)c(Cl)c1. The molecule has 1 N–H and O–H groups in total. The van der Waals surface area contributed by atoms with Crippen molar-refractivity contribution in [3.8, 4) is 6.07 Å². The predicted molar refractivity (Wildman–Crippen MR) is 72.8 cm³/mol. The van der Waals surface area contributed by atoms with Crippen LogP contribution in [0.15, 0.2) is 23.1 Å². The first-order chi connectivity index (χ1) is 9.49. The van der Waals surface area contributed by atoms with Crippen molar-refractivity contribution < 1.29 is 13.2 Å². The van der Waals surface area contributed by atoms with E-state index in [-0.39, 0.29) is 28.2 Å². The largest absolute Gasteiger partial charge is 0.373 e. The van der Waals surface area contributed by atoms with Crippen molar-refractivity contribution in [2.75, 3.05) is 0 Å². The Morgan fingerprint density at radius 2 is 2.20 bits per heavy atom. The molecule has 2 aliphatic rings. The highest BCUT2D eigenvalue weighted by atomic mass is 35.5. The van der Waals surface area contributed by atoms with Gasteiger partial charge in [-0.15, -0.1) is 0 Å². The minimum Gasteiger partial charge on any atom is -0.373 e. The fraction of sp³-hybridized carbons (Fsp3) is 0.462. The van der Waals surface area contributed by atoms with Crippen LogP contribution in [0.2, 0.25) is 5.02 Å². The summed E-state index contributed by atoms with van der Waals surface area (Å²) in [5.41, 5.74) is 0.331. The van der Waals surface area contributed by atoms with Gasteiger partial charge >= 0.3 is 0 Å². The summed E-state index contributed by atoms with van der Waals surface area (Å²) in [7, 11) is -3.69. The molecule has 2 bridgehead atoms. The second kappa shape index (κ2) is 5.01. The van der Waals surface area contributed by atoms with Crippen molar-refractivity contribution in [3.63, 3.8) is 0 Å². The maximum absolute atomic E-state index is 12.4. The molecule has 3 rings (SSSR count). The van der Waals surface area contributed by atoms with Gasteiger partial charge in [-0.1, -0.05) is 11.6 Å². The van der Waals surface area contributed by atoms with Gasteiger partial charge in [0, 0.05) is 0 Å². The van der Waals surface area contributed by atoms with Crippen molar-refractivity contribution in [1.29, 1.82) is 5.26 Å². The van der Waals surface area contributed by atoms with Crippen LogP contribution < -0.4 is 4.72 Å². The van der Waals surface area contributed by atoms with Crippen molar-refractivity contribution in [2.24, 2.45) is 0 Å². The number of benzene rings is 1. The number of hydrogen-bond acceptors (Lipinski definition) is 4. The molecular formula is C13H13ClN2O3S. The van der Waals surface area contributed by atoms with Gasteiger partial charge in [0.05, 0.1) is 34.9 Å². The van der Waals surface area contributed by atoms with Gasteiger partial charge in [-0.25, -0.2) is 13.1 Å². The lowest BCUT2D eigenvalue weighted by Crippen LogP contribution is -2.41. The Labute approximate surface area is 122 Å². The molecule has 7 heteroatoms. The summed E-state index contributed by atoms with van der Waals surface area (Å²) in [5, 5.41) is 8.82. The lowest BCUT2D eigenvalue weighted by atomic mass is 9.96. The normalized spacial score (nSPS) is 28.5. The fourth-order valence-corrected chi connectivity index (χ4v) is 4.63. The lowest BCUT2D eigenvalue weighted by Gasteiger charge is -2.20. The van der Waals surface area contributed by atoms with Crippen LogP contribution in [-0.4, -0.2) is 26.7 Å². The van der Waals surface area contributed by atoms with Crippen LogP contribution in [0.3, 0.4) is 0 Å². The molecule has 0 aromatic heterocycles. The minimum absolute atomic E-state index is 0.000870. The first kappa shape index (κ1) is 13.8. The van der Waals surface area contributed by atoms with E-state index in [0.29, 0.717) is 12.0 Å². The van der Waals surface area contributed by atoms with Crippen LogP contribution in [0.1, 0.15) is 24.8 Å². The Morgan fingerprint density at radius 3 is 2.75 bits per heavy atom. The third kappa shape index (κ3) is 2.42. The quantitative estimate of drug-likeness (QED) is 0.923. The minimum atomic E-state index is -3.69. The Bertz CT molecular complexity index is 683. The molecule has 2 heterocycles. The van der Waals surface area contributed by atoms with E-state index in [1.807, 2.05) is 6.07 Å². The number of rotatable bonds is 3. The van der Waals surface area contributed by atoms with Crippen LogP contribution in [0.4, 0.5) is 0 Å². The third-order valence-corrected chi connectivity index (χ3v) is 5.74. The number of ether oxygens (including phenoxy) is 1. The molecule has 2 saturated heterocycles. The number of hydrogen-bond donors (Lipinski definition) is 1. The van der Waals surface area contributed by atoms with E-state index in [1.54, 1.807) is 0 Å². The van der Waals surface area contributed by atoms with Crippen molar-refractivity contribution in [2.45, 2.75) is 42.4 Å². The average molecular weight is 313 g/mol. The monoisotopic (exact) mass is 312 g/mol. The average Bonchev–Trinajstić information content (AvgIpc) is 2.99. The predicted octanol–water partition coefficient (Wildman–Crippen LogP) is 1.81. The zero-order valence-corrected chi connectivity index (χ0v) is 12.1. The van der Waals surface area contributed by atoms with E-state index >= 15 is 0 Å². The molecular weight excluding hydrogens is 300 g/mol. The second-order valence-electron chi connectivity index (χ2n) is 5.09. The van der Waals surface area contributed by atoms with E-state index < -0.39 is 10.0 Å². The fourth-order valence-electron chi connectivity index (χ4n) is 2.81. The van der Waals surface area contributed by atoms with Crippen LogP contribution >= 0.6 is 11.6 Å². The van der Waals surface area contributed by atoms with Gasteiger partial charge in [0.15, 0.2) is 0 Å². The summed E-state index contributed by atoms with van der Waals surface area (Å²) < 4.78 is 33.0. The molecule has 0 radical (unpaired) electrons. The van der Waals surface area contributed by atoms with Crippen LogP contribution in [0.5, 0.6) is 0 Å². The van der Waals surface area contributed by atoms with Gasteiger partial charge in [0.25, 0.3) is 0 Å². The molecule has 2 fully saturated rings. The highest BCUT2D eigenvalue weighted by Gasteiger charge is 2.42. The highest BCUT2D eigenvalue weighted by molar-refractivity contribution is 7.89. The molecule has 2 aliphatic heterocycles. The summed E-state index contributed by atoms with van der Waals surface area (Å²) in [6, 6.07) is 5.89. The Morgan fingerprint density at radius 1 is 1.40 bits per heavy atom. The molecule has 3 atom stereocenters. The maximum atomic E-state index is 12.4. The number of nitriles is 1. The molecule has 0 amide bonds. The maximum Gasteiger partial charge on any atom is 0.242 e. The Balaban J connectivity index is 1.83. The van der Waals surface area contributed by atoms with Crippen molar-refractivity contribution in [3.05, 3.63) is 28.8 Å². The molecule has 0 spiro atoms. The zero-order valence-electron chi connectivity index (χ0n) is 10.5. The van der Waals surface area contributed by atoms with Crippen LogP contribution in [0.25, 0.3) is 0 Å². The van der Waals surface area contributed by atoms with E-state index in [4.69, 9.17) is 21.6 Å². The number of nitrogens with zero attached hydrogens (tertiary/aromatic N) is 1. The number of nitrogens with one attached hydrogen (secondary N) is 1. The summed E-state index contributed by atoms with van der Waals surface area (Å²) in [5.74, 6) is 0. The molecule has 1 aromatic rings. The zero-order chi connectivity index (χ0) is 14.3. The molecule has 1 aromatic carbocycles. The van der Waals surface area contributed by atoms with Crippen molar-refractivity contribution >= 4 is 21.6 Å². The number of fused-ring (bicyclic) bond motifs is 2. The Kier molecular flexibility index (Phi) is 3.46. The summed E-state index contributed by atoms with van der Waals surface area (Å²) in [4.78, 5) is 0.000870. The van der Waals surface area contributed by atoms with E-state index in [0.717, 1.165) is 12.8 Å². The van der Waals surface area contributed by atoms with Gasteiger partial charge < -0.3 is 4.74 Å². The van der Waals surface area contributed by atoms with Gasteiger partial charge in [-0.2, -0.15) is 5.26 Å². The summed E-state index contributed by atoms with van der Waals surface area (Å²) in [6.07, 6.45) is 2.73. The molecule has 106 valence electrons. The molecule has 0 aliphatic carbocycles. The van der Waals surface area contributed by atoms with E-state index in [1.165, 1.54) is 18.2 Å². The first-order valence-corrected chi connectivity index (χ1v) is 8.23. The van der Waals surface area contributed by atoms with E-state index in [9.17, 15) is 8.42 Å². The third-order valence-electron chi connectivity index (χ3n) is 3.76. The highest BCUT2D eigenvalue weighted by Crippen LogP contribution is 2.35. The molecule has 3 unspecified atom stereocenters. The van der Waals surface area contributed by atoms with Gasteiger partial charge in [-0.05, 0) is 37.5 Å².